The van der Waals surface area contributed by atoms with E-state index in [1.807, 2.05) is 28.7 Å². The molecule has 108 valence electrons. The van der Waals surface area contributed by atoms with Gasteiger partial charge in [-0.1, -0.05) is 0 Å². The van der Waals surface area contributed by atoms with Crippen LogP contribution < -0.4 is 10.6 Å². The summed E-state index contributed by atoms with van der Waals surface area (Å²) in [6.45, 7) is 5.70. The van der Waals surface area contributed by atoms with Gasteiger partial charge in [0.05, 0.1) is 0 Å². The first kappa shape index (κ1) is 15.9. The van der Waals surface area contributed by atoms with Gasteiger partial charge in [-0.2, -0.15) is 16.9 Å². The molecule has 0 saturated carbocycles. The van der Waals surface area contributed by atoms with E-state index in [0.29, 0.717) is 0 Å². The van der Waals surface area contributed by atoms with Crippen LogP contribution >= 0.6 is 11.8 Å². The van der Waals surface area contributed by atoms with Crippen LogP contribution in [0, 0.1) is 0 Å². The highest BCUT2D eigenvalue weighted by Gasteiger charge is 1.96. The maximum atomic E-state index is 4.56. The van der Waals surface area contributed by atoms with Crippen LogP contribution in [0.15, 0.2) is 23.5 Å². The molecule has 1 rings (SSSR count). The molecule has 19 heavy (non-hydrogen) atoms. The Morgan fingerprint density at radius 2 is 2.26 bits per heavy atom. The number of guanidine groups is 1. The molecule has 0 spiro atoms. The molecule has 1 aromatic heterocycles. The van der Waals surface area contributed by atoms with Crippen LogP contribution in [0.5, 0.6) is 0 Å². The zero-order valence-electron chi connectivity index (χ0n) is 11.9. The maximum Gasteiger partial charge on any atom is 0.191 e. The number of hydrogen-bond acceptors (Lipinski definition) is 3. The molecule has 0 bridgehead atoms. The van der Waals surface area contributed by atoms with E-state index in [1.54, 1.807) is 6.20 Å². The van der Waals surface area contributed by atoms with E-state index in [1.165, 1.54) is 12.2 Å². The van der Waals surface area contributed by atoms with Crippen molar-refractivity contribution in [3.05, 3.63) is 18.5 Å². The number of nitrogens with zero attached hydrogens (tertiary/aromatic N) is 3. The molecular weight excluding hydrogens is 258 g/mol. The lowest BCUT2D eigenvalue weighted by molar-refractivity contribution is 0.584. The lowest BCUT2D eigenvalue weighted by atomic mass is 10.4. The van der Waals surface area contributed by atoms with Gasteiger partial charge in [0.15, 0.2) is 5.96 Å². The summed E-state index contributed by atoms with van der Waals surface area (Å²) in [6, 6.07) is 1.95. The Labute approximate surface area is 120 Å². The Kier molecular flexibility index (Phi) is 8.97. The SMILES string of the molecule is CCNC(=NCCCn1cccn1)NCCCSC. The van der Waals surface area contributed by atoms with Gasteiger partial charge in [-0.3, -0.25) is 9.67 Å². The van der Waals surface area contributed by atoms with E-state index in [2.05, 4.69) is 33.9 Å². The van der Waals surface area contributed by atoms with Crippen molar-refractivity contribution in [3.8, 4) is 0 Å². The van der Waals surface area contributed by atoms with Gasteiger partial charge in [0, 0.05) is 38.6 Å². The fourth-order valence-corrected chi connectivity index (χ4v) is 2.05. The maximum absolute atomic E-state index is 4.56. The highest BCUT2D eigenvalue weighted by Crippen LogP contribution is 1.93. The summed E-state index contributed by atoms with van der Waals surface area (Å²) in [4.78, 5) is 4.56. The van der Waals surface area contributed by atoms with E-state index in [0.717, 1.165) is 38.6 Å². The molecule has 0 atom stereocenters. The first-order valence-electron chi connectivity index (χ1n) is 6.85. The van der Waals surface area contributed by atoms with Crippen LogP contribution in [-0.2, 0) is 6.54 Å². The molecule has 0 aliphatic heterocycles. The van der Waals surface area contributed by atoms with Crippen molar-refractivity contribution in [2.45, 2.75) is 26.3 Å². The normalized spacial score (nSPS) is 11.6. The Morgan fingerprint density at radius 3 is 2.95 bits per heavy atom. The third-order valence-corrected chi connectivity index (χ3v) is 3.23. The van der Waals surface area contributed by atoms with Gasteiger partial charge in [0.25, 0.3) is 0 Å². The molecule has 0 radical (unpaired) electrons. The molecule has 1 aromatic rings. The molecule has 0 saturated heterocycles. The third kappa shape index (κ3) is 7.77. The number of aryl methyl sites for hydroxylation is 1. The van der Waals surface area contributed by atoms with Crippen LogP contribution in [0.2, 0.25) is 0 Å². The predicted octanol–water partition coefficient (Wildman–Crippen LogP) is 1.58. The lowest BCUT2D eigenvalue weighted by Crippen LogP contribution is -2.38. The minimum atomic E-state index is 0.817. The van der Waals surface area contributed by atoms with E-state index in [9.17, 15) is 0 Å². The predicted molar refractivity (Wildman–Crippen MR) is 83.8 cm³/mol. The Balaban J connectivity index is 2.19. The minimum absolute atomic E-state index is 0.817. The standard InChI is InChI=1S/C13H25N5S/c1-3-14-13(16-8-6-12-19-2)15-7-4-10-18-11-5-9-17-18/h5,9,11H,3-4,6-8,10,12H2,1-2H3,(H2,14,15,16). The summed E-state index contributed by atoms with van der Waals surface area (Å²) in [5.41, 5.74) is 0. The van der Waals surface area contributed by atoms with E-state index < -0.39 is 0 Å². The van der Waals surface area contributed by atoms with E-state index in [4.69, 9.17) is 0 Å². The van der Waals surface area contributed by atoms with Crippen molar-refractivity contribution >= 4 is 17.7 Å². The van der Waals surface area contributed by atoms with Gasteiger partial charge in [-0.05, 0) is 37.8 Å². The van der Waals surface area contributed by atoms with Crippen LogP contribution in [0.4, 0.5) is 0 Å². The highest BCUT2D eigenvalue weighted by molar-refractivity contribution is 7.98. The molecule has 0 aliphatic rings. The number of nitrogens with one attached hydrogen (secondary N) is 2. The lowest BCUT2D eigenvalue weighted by Gasteiger charge is -2.10. The first-order chi connectivity index (χ1) is 9.36. The average Bonchev–Trinajstić information content (AvgIpc) is 2.92. The zero-order valence-corrected chi connectivity index (χ0v) is 12.7. The van der Waals surface area contributed by atoms with Gasteiger partial charge in [0.2, 0.25) is 0 Å². The number of aliphatic imine (C=N–C) groups is 1. The second-order valence-corrected chi connectivity index (χ2v) is 5.14. The number of aromatic nitrogens is 2. The van der Waals surface area contributed by atoms with E-state index in [-0.39, 0.29) is 0 Å². The minimum Gasteiger partial charge on any atom is -0.357 e. The molecule has 0 aliphatic carbocycles. The zero-order chi connectivity index (χ0) is 13.8. The third-order valence-electron chi connectivity index (χ3n) is 2.54. The van der Waals surface area contributed by atoms with Crippen molar-refractivity contribution in [3.63, 3.8) is 0 Å². The van der Waals surface area contributed by atoms with Gasteiger partial charge < -0.3 is 10.6 Å². The van der Waals surface area contributed by atoms with Gasteiger partial charge in [-0.25, -0.2) is 0 Å². The van der Waals surface area contributed by atoms with Crippen LogP contribution in [-0.4, -0.2) is 47.4 Å². The summed E-state index contributed by atoms with van der Waals surface area (Å²) < 4.78 is 1.94. The Hall–Kier alpha value is -1.17. The van der Waals surface area contributed by atoms with Gasteiger partial charge in [-0.15, -0.1) is 0 Å². The Bertz CT molecular complexity index is 337. The summed E-state index contributed by atoms with van der Waals surface area (Å²) in [5.74, 6) is 2.11. The Morgan fingerprint density at radius 1 is 1.37 bits per heavy atom. The highest BCUT2D eigenvalue weighted by atomic mass is 32.2. The summed E-state index contributed by atoms with van der Waals surface area (Å²) in [6.07, 6.45) is 8.09. The molecule has 0 aromatic carbocycles. The molecule has 0 fully saturated rings. The van der Waals surface area contributed by atoms with E-state index >= 15 is 0 Å². The van der Waals surface area contributed by atoms with Crippen LogP contribution in [0.3, 0.4) is 0 Å². The second-order valence-electron chi connectivity index (χ2n) is 4.16. The second kappa shape index (κ2) is 10.7. The fraction of sp³-hybridized carbons (Fsp3) is 0.692. The molecular formula is C13H25N5S. The quantitative estimate of drug-likeness (QED) is 0.410. The van der Waals surface area contributed by atoms with Gasteiger partial charge in [0.1, 0.15) is 0 Å². The number of rotatable bonds is 9. The molecule has 0 unspecified atom stereocenters. The molecule has 2 N–H and O–H groups in total. The first-order valence-corrected chi connectivity index (χ1v) is 8.24. The van der Waals surface area contributed by atoms with Gasteiger partial charge >= 0.3 is 0 Å². The largest absolute Gasteiger partial charge is 0.357 e. The molecule has 6 heteroatoms. The number of hydrogen-bond donors (Lipinski definition) is 2. The van der Waals surface area contributed by atoms with Crippen molar-refractivity contribution < 1.29 is 0 Å². The smallest absolute Gasteiger partial charge is 0.191 e. The molecule has 5 nitrogen and oxygen atoms in total. The van der Waals surface area contributed by atoms with Crippen LogP contribution in [0.1, 0.15) is 19.8 Å². The summed E-state index contributed by atoms with van der Waals surface area (Å²) in [5, 5.41) is 10.8. The number of thioether (sulfide) groups is 1. The van der Waals surface area contributed by atoms with Crippen molar-refractivity contribution in [1.29, 1.82) is 0 Å². The monoisotopic (exact) mass is 283 g/mol. The molecule has 0 amide bonds. The average molecular weight is 283 g/mol. The van der Waals surface area contributed by atoms with Crippen molar-refractivity contribution in [2.75, 3.05) is 31.6 Å². The fourth-order valence-electron chi connectivity index (χ4n) is 1.62. The molecule has 1 heterocycles. The van der Waals surface area contributed by atoms with Crippen LogP contribution in [0.25, 0.3) is 0 Å². The van der Waals surface area contributed by atoms with Crippen molar-refractivity contribution in [1.82, 2.24) is 20.4 Å². The van der Waals surface area contributed by atoms with Crippen molar-refractivity contribution in [2.24, 2.45) is 4.99 Å². The summed E-state index contributed by atoms with van der Waals surface area (Å²) >= 11 is 1.88. The topological polar surface area (TPSA) is 54.2 Å². The summed E-state index contributed by atoms with van der Waals surface area (Å²) in [7, 11) is 0.